The third-order valence-electron chi connectivity index (χ3n) is 4.86. The summed E-state index contributed by atoms with van der Waals surface area (Å²) < 4.78 is 0. The Labute approximate surface area is 144 Å². The molecular formula is C21H27NO2. The number of likely N-dealkylation sites (tertiary alicyclic amines) is 1. The Kier molecular flexibility index (Phi) is 4.77. The summed E-state index contributed by atoms with van der Waals surface area (Å²) in [5.74, 6) is 0. The Morgan fingerprint density at radius 3 is 1.88 bits per heavy atom. The molecule has 2 aromatic carbocycles. The lowest BCUT2D eigenvalue weighted by molar-refractivity contribution is -0.0349. The molecule has 24 heavy (non-hydrogen) atoms. The first kappa shape index (κ1) is 17.2. The fourth-order valence-corrected chi connectivity index (χ4v) is 3.92. The quantitative estimate of drug-likeness (QED) is 0.887. The molecule has 0 amide bonds. The van der Waals surface area contributed by atoms with E-state index in [1.807, 2.05) is 74.5 Å². The summed E-state index contributed by atoms with van der Waals surface area (Å²) in [5, 5.41) is 22.2. The van der Waals surface area contributed by atoms with Crippen molar-refractivity contribution in [2.45, 2.75) is 43.9 Å². The van der Waals surface area contributed by atoms with Gasteiger partial charge in [0.15, 0.2) is 0 Å². The van der Waals surface area contributed by atoms with Gasteiger partial charge in [-0.05, 0) is 44.4 Å². The van der Waals surface area contributed by atoms with Crippen LogP contribution in [0.4, 0.5) is 0 Å². The van der Waals surface area contributed by atoms with E-state index in [2.05, 4.69) is 4.90 Å². The molecule has 0 spiro atoms. The van der Waals surface area contributed by atoms with Gasteiger partial charge in [-0.3, -0.25) is 4.90 Å². The highest BCUT2D eigenvalue weighted by molar-refractivity contribution is 5.38. The average molecular weight is 325 g/mol. The minimum absolute atomic E-state index is 0.0475. The van der Waals surface area contributed by atoms with Gasteiger partial charge in [0.1, 0.15) is 5.60 Å². The van der Waals surface area contributed by atoms with Gasteiger partial charge >= 0.3 is 0 Å². The van der Waals surface area contributed by atoms with Crippen molar-refractivity contribution >= 4 is 0 Å². The van der Waals surface area contributed by atoms with Gasteiger partial charge in [-0.2, -0.15) is 0 Å². The van der Waals surface area contributed by atoms with E-state index in [1.54, 1.807) is 0 Å². The standard InChI is InChI=1S/C21H27NO2/c1-20(2,23)16-22-15-9-14-19(22)21(24,17-10-5-3-6-11-17)18-12-7-4-8-13-18/h3-8,10-13,19,23-24H,9,14-16H2,1-2H3. The molecule has 0 aliphatic carbocycles. The van der Waals surface area contributed by atoms with Crippen molar-refractivity contribution < 1.29 is 10.2 Å². The average Bonchev–Trinajstić information content (AvgIpc) is 3.02. The van der Waals surface area contributed by atoms with Gasteiger partial charge < -0.3 is 10.2 Å². The van der Waals surface area contributed by atoms with E-state index < -0.39 is 11.2 Å². The Balaban J connectivity index is 2.05. The zero-order chi connectivity index (χ0) is 17.2. The molecule has 128 valence electrons. The molecule has 0 radical (unpaired) electrons. The van der Waals surface area contributed by atoms with Crippen LogP contribution in [0, 0.1) is 0 Å². The molecule has 3 nitrogen and oxygen atoms in total. The van der Waals surface area contributed by atoms with Gasteiger partial charge in [0, 0.05) is 12.6 Å². The van der Waals surface area contributed by atoms with E-state index in [4.69, 9.17) is 0 Å². The van der Waals surface area contributed by atoms with Crippen LogP contribution >= 0.6 is 0 Å². The Hall–Kier alpha value is -1.68. The van der Waals surface area contributed by atoms with Crippen LogP contribution in [0.5, 0.6) is 0 Å². The van der Waals surface area contributed by atoms with Gasteiger partial charge in [-0.15, -0.1) is 0 Å². The molecule has 0 saturated carbocycles. The molecule has 1 heterocycles. The number of benzene rings is 2. The summed E-state index contributed by atoms with van der Waals surface area (Å²) in [6.07, 6.45) is 1.94. The lowest BCUT2D eigenvalue weighted by Crippen LogP contribution is -2.51. The van der Waals surface area contributed by atoms with E-state index in [9.17, 15) is 10.2 Å². The Bertz CT molecular complexity index is 609. The summed E-state index contributed by atoms with van der Waals surface area (Å²) in [6, 6.07) is 19.8. The first-order valence-corrected chi connectivity index (χ1v) is 8.71. The van der Waals surface area contributed by atoms with E-state index in [0.717, 1.165) is 30.5 Å². The Morgan fingerprint density at radius 1 is 0.917 bits per heavy atom. The second-order valence-corrected chi connectivity index (χ2v) is 7.44. The summed E-state index contributed by atoms with van der Waals surface area (Å²) in [6.45, 7) is 5.11. The molecule has 0 aromatic heterocycles. The van der Waals surface area contributed by atoms with E-state index in [1.165, 1.54) is 0 Å². The smallest absolute Gasteiger partial charge is 0.130 e. The minimum atomic E-state index is -1.08. The second kappa shape index (κ2) is 6.67. The molecule has 1 aliphatic rings. The fourth-order valence-electron chi connectivity index (χ4n) is 3.92. The number of hydrogen-bond donors (Lipinski definition) is 2. The third kappa shape index (κ3) is 3.39. The van der Waals surface area contributed by atoms with Crippen LogP contribution in [0.15, 0.2) is 60.7 Å². The van der Waals surface area contributed by atoms with Crippen molar-refractivity contribution in [2.75, 3.05) is 13.1 Å². The zero-order valence-corrected chi connectivity index (χ0v) is 14.5. The lowest BCUT2D eigenvalue weighted by atomic mass is 9.79. The lowest BCUT2D eigenvalue weighted by Gasteiger charge is -2.41. The summed E-state index contributed by atoms with van der Waals surface area (Å²) in [4.78, 5) is 2.24. The van der Waals surface area contributed by atoms with Crippen LogP contribution in [-0.4, -0.2) is 39.8 Å². The number of nitrogens with zero attached hydrogens (tertiary/aromatic N) is 1. The first-order chi connectivity index (χ1) is 11.4. The van der Waals surface area contributed by atoms with Crippen LogP contribution in [0.3, 0.4) is 0 Å². The van der Waals surface area contributed by atoms with Crippen LogP contribution < -0.4 is 0 Å². The van der Waals surface area contributed by atoms with Crippen molar-refractivity contribution in [1.82, 2.24) is 4.90 Å². The molecule has 1 atom stereocenters. The largest absolute Gasteiger partial charge is 0.389 e. The topological polar surface area (TPSA) is 43.7 Å². The predicted molar refractivity (Wildman–Crippen MR) is 96.8 cm³/mol. The molecule has 2 N–H and O–H groups in total. The highest BCUT2D eigenvalue weighted by Gasteiger charge is 2.46. The van der Waals surface area contributed by atoms with Crippen LogP contribution in [0.1, 0.15) is 37.8 Å². The van der Waals surface area contributed by atoms with E-state index in [0.29, 0.717) is 6.54 Å². The van der Waals surface area contributed by atoms with Crippen molar-refractivity contribution in [3.8, 4) is 0 Å². The maximum Gasteiger partial charge on any atom is 0.130 e. The number of rotatable bonds is 5. The summed E-state index contributed by atoms with van der Waals surface area (Å²) in [7, 11) is 0. The van der Waals surface area contributed by atoms with E-state index in [-0.39, 0.29) is 6.04 Å². The minimum Gasteiger partial charge on any atom is -0.389 e. The van der Waals surface area contributed by atoms with Crippen molar-refractivity contribution in [2.24, 2.45) is 0 Å². The molecule has 1 unspecified atom stereocenters. The van der Waals surface area contributed by atoms with Gasteiger partial charge in [0.2, 0.25) is 0 Å². The van der Waals surface area contributed by atoms with Gasteiger partial charge in [0.05, 0.1) is 5.60 Å². The predicted octanol–water partition coefficient (Wildman–Crippen LogP) is 3.16. The van der Waals surface area contributed by atoms with Gasteiger partial charge in [-0.25, -0.2) is 0 Å². The van der Waals surface area contributed by atoms with E-state index >= 15 is 0 Å². The highest BCUT2D eigenvalue weighted by atomic mass is 16.3. The highest BCUT2D eigenvalue weighted by Crippen LogP contribution is 2.40. The number of aliphatic hydroxyl groups is 2. The molecule has 3 rings (SSSR count). The molecule has 0 bridgehead atoms. The number of hydrogen-bond acceptors (Lipinski definition) is 3. The van der Waals surface area contributed by atoms with Crippen LogP contribution in [0.25, 0.3) is 0 Å². The molecular weight excluding hydrogens is 298 g/mol. The number of β-amino-alcohol motifs (C(OH)–C–C–N with tert-alkyl or cyclic N) is 1. The third-order valence-corrected chi connectivity index (χ3v) is 4.86. The van der Waals surface area contributed by atoms with Crippen molar-refractivity contribution in [3.63, 3.8) is 0 Å². The SMILES string of the molecule is CC(C)(O)CN1CCCC1C(O)(c1ccccc1)c1ccccc1. The van der Waals surface area contributed by atoms with Crippen molar-refractivity contribution in [1.29, 1.82) is 0 Å². The first-order valence-electron chi connectivity index (χ1n) is 8.71. The molecule has 3 heteroatoms. The Morgan fingerprint density at radius 2 is 1.42 bits per heavy atom. The second-order valence-electron chi connectivity index (χ2n) is 7.44. The molecule has 2 aromatic rings. The normalized spacial score (nSPS) is 19.6. The summed E-state index contributed by atoms with van der Waals surface area (Å²) in [5.41, 5.74) is -0.0473. The van der Waals surface area contributed by atoms with Crippen LogP contribution in [0.2, 0.25) is 0 Å². The molecule has 1 aliphatic heterocycles. The zero-order valence-electron chi connectivity index (χ0n) is 14.5. The maximum atomic E-state index is 11.9. The van der Waals surface area contributed by atoms with Gasteiger partial charge in [-0.1, -0.05) is 60.7 Å². The van der Waals surface area contributed by atoms with Gasteiger partial charge in [0.25, 0.3) is 0 Å². The molecule has 1 saturated heterocycles. The monoisotopic (exact) mass is 325 g/mol. The van der Waals surface area contributed by atoms with Crippen molar-refractivity contribution in [3.05, 3.63) is 71.8 Å². The summed E-state index contributed by atoms with van der Waals surface area (Å²) >= 11 is 0. The maximum absolute atomic E-state index is 11.9. The van der Waals surface area contributed by atoms with Crippen LogP contribution in [-0.2, 0) is 5.60 Å². The molecule has 1 fully saturated rings. The fraction of sp³-hybridized carbons (Fsp3) is 0.429.